The van der Waals surface area contributed by atoms with Crippen LogP contribution in [0.2, 0.25) is 0 Å². The summed E-state index contributed by atoms with van der Waals surface area (Å²) in [4.78, 5) is 11.4. The van der Waals surface area contributed by atoms with Gasteiger partial charge in [-0.25, -0.2) is 0 Å². The fourth-order valence-corrected chi connectivity index (χ4v) is 2.05. The van der Waals surface area contributed by atoms with Gasteiger partial charge in [-0.1, -0.05) is 24.3 Å². The van der Waals surface area contributed by atoms with Gasteiger partial charge in [-0.15, -0.1) is 0 Å². The predicted molar refractivity (Wildman–Crippen MR) is 79.6 cm³/mol. The first-order valence-corrected chi connectivity index (χ1v) is 6.59. The average Bonchev–Trinajstić information content (AvgIpc) is 2.53. The lowest BCUT2D eigenvalue weighted by molar-refractivity contribution is -0.144. The fraction of sp³-hybridized carbons (Fsp3) is 0.235. The van der Waals surface area contributed by atoms with Crippen LogP contribution in [0.1, 0.15) is 24.2 Å². The molecule has 4 heteroatoms. The highest BCUT2D eigenvalue weighted by Crippen LogP contribution is 2.29. The molecule has 21 heavy (non-hydrogen) atoms. The molecule has 0 aromatic heterocycles. The van der Waals surface area contributed by atoms with Gasteiger partial charge in [0.2, 0.25) is 0 Å². The molecule has 2 aromatic carbocycles. The van der Waals surface area contributed by atoms with E-state index < -0.39 is 6.10 Å². The Morgan fingerprint density at radius 3 is 1.48 bits per heavy atom. The van der Waals surface area contributed by atoms with Gasteiger partial charge >= 0.3 is 5.97 Å². The molecule has 2 rings (SSSR count). The highest BCUT2D eigenvalue weighted by molar-refractivity contribution is 5.67. The lowest BCUT2D eigenvalue weighted by Gasteiger charge is -2.18. The van der Waals surface area contributed by atoms with E-state index in [0.717, 1.165) is 22.6 Å². The molecule has 0 heterocycles. The van der Waals surface area contributed by atoms with E-state index in [1.165, 1.54) is 6.92 Å². The molecular formula is C17H18O4. The van der Waals surface area contributed by atoms with Crippen molar-refractivity contribution in [2.75, 3.05) is 14.2 Å². The van der Waals surface area contributed by atoms with Crippen LogP contribution in [0.3, 0.4) is 0 Å². The molecule has 0 unspecified atom stereocenters. The number of benzene rings is 2. The third-order valence-corrected chi connectivity index (χ3v) is 3.12. The Balaban J connectivity index is 2.33. The Hall–Kier alpha value is -2.49. The molecule has 0 aliphatic rings. The van der Waals surface area contributed by atoms with Crippen molar-refractivity contribution in [3.8, 4) is 11.5 Å². The van der Waals surface area contributed by atoms with Gasteiger partial charge in [-0.05, 0) is 35.4 Å². The predicted octanol–water partition coefficient (Wildman–Crippen LogP) is 3.36. The van der Waals surface area contributed by atoms with Crippen molar-refractivity contribution in [3.05, 3.63) is 59.7 Å². The Morgan fingerprint density at radius 2 is 1.19 bits per heavy atom. The number of ether oxygens (including phenoxy) is 3. The Bertz CT molecular complexity index is 540. The molecule has 0 saturated heterocycles. The SMILES string of the molecule is COc1ccc(C(OC(C)=O)c2ccc(OC)cc2)cc1. The smallest absolute Gasteiger partial charge is 0.303 e. The van der Waals surface area contributed by atoms with Crippen LogP contribution in [-0.4, -0.2) is 20.2 Å². The largest absolute Gasteiger partial charge is 0.497 e. The Labute approximate surface area is 124 Å². The van der Waals surface area contributed by atoms with E-state index in [4.69, 9.17) is 14.2 Å². The zero-order valence-electron chi connectivity index (χ0n) is 12.3. The average molecular weight is 286 g/mol. The zero-order valence-corrected chi connectivity index (χ0v) is 12.3. The molecule has 0 fully saturated rings. The summed E-state index contributed by atoms with van der Waals surface area (Å²) in [5.41, 5.74) is 1.77. The van der Waals surface area contributed by atoms with Crippen LogP contribution in [0.5, 0.6) is 11.5 Å². The van der Waals surface area contributed by atoms with Gasteiger partial charge in [-0.2, -0.15) is 0 Å². The Morgan fingerprint density at radius 1 is 0.810 bits per heavy atom. The van der Waals surface area contributed by atoms with Crippen LogP contribution < -0.4 is 9.47 Å². The summed E-state index contributed by atoms with van der Waals surface area (Å²) in [5.74, 6) is 1.19. The molecule has 0 aliphatic carbocycles. The fourth-order valence-electron chi connectivity index (χ4n) is 2.05. The summed E-state index contributed by atoms with van der Waals surface area (Å²) < 4.78 is 15.7. The van der Waals surface area contributed by atoms with Crippen LogP contribution in [0.4, 0.5) is 0 Å². The van der Waals surface area contributed by atoms with Crippen LogP contribution in [0.15, 0.2) is 48.5 Å². The minimum Gasteiger partial charge on any atom is -0.497 e. The Kier molecular flexibility index (Phi) is 4.82. The van der Waals surface area contributed by atoms with Gasteiger partial charge < -0.3 is 14.2 Å². The number of hydrogen-bond acceptors (Lipinski definition) is 4. The third kappa shape index (κ3) is 3.75. The summed E-state index contributed by atoms with van der Waals surface area (Å²) >= 11 is 0. The normalized spacial score (nSPS) is 10.3. The molecule has 110 valence electrons. The van der Waals surface area contributed by atoms with Gasteiger partial charge in [0.05, 0.1) is 14.2 Å². The van der Waals surface area contributed by atoms with Gasteiger partial charge in [0.15, 0.2) is 6.10 Å². The monoisotopic (exact) mass is 286 g/mol. The molecule has 0 atom stereocenters. The lowest BCUT2D eigenvalue weighted by atomic mass is 10.0. The molecule has 0 amide bonds. The maximum absolute atomic E-state index is 11.4. The quantitative estimate of drug-likeness (QED) is 0.791. The van der Waals surface area contributed by atoms with Crippen LogP contribution in [-0.2, 0) is 9.53 Å². The standard InChI is InChI=1S/C17H18O4/c1-12(18)21-17(13-4-8-15(19-2)9-5-13)14-6-10-16(20-3)11-7-14/h4-11,17H,1-3H3. The van der Waals surface area contributed by atoms with Crippen molar-refractivity contribution in [1.29, 1.82) is 0 Å². The molecule has 2 aromatic rings. The number of esters is 1. The van der Waals surface area contributed by atoms with Crippen molar-refractivity contribution in [2.24, 2.45) is 0 Å². The van der Waals surface area contributed by atoms with Crippen molar-refractivity contribution in [1.82, 2.24) is 0 Å². The highest BCUT2D eigenvalue weighted by atomic mass is 16.5. The molecule has 4 nitrogen and oxygen atoms in total. The van der Waals surface area contributed by atoms with E-state index in [1.54, 1.807) is 14.2 Å². The van der Waals surface area contributed by atoms with Crippen molar-refractivity contribution in [3.63, 3.8) is 0 Å². The molecular weight excluding hydrogens is 268 g/mol. The number of carbonyl (C=O) groups excluding carboxylic acids is 1. The summed E-state index contributed by atoms with van der Waals surface area (Å²) in [7, 11) is 3.23. The van der Waals surface area contributed by atoms with E-state index in [2.05, 4.69) is 0 Å². The second-order valence-corrected chi connectivity index (χ2v) is 4.54. The van der Waals surface area contributed by atoms with Crippen molar-refractivity contribution in [2.45, 2.75) is 13.0 Å². The molecule has 0 bridgehead atoms. The van der Waals surface area contributed by atoms with E-state index in [0.29, 0.717) is 0 Å². The molecule has 0 aliphatic heterocycles. The summed E-state index contributed by atoms with van der Waals surface area (Å²) in [6.45, 7) is 1.40. The lowest BCUT2D eigenvalue weighted by Crippen LogP contribution is -2.10. The maximum Gasteiger partial charge on any atom is 0.303 e. The van der Waals surface area contributed by atoms with E-state index >= 15 is 0 Å². The summed E-state index contributed by atoms with van der Waals surface area (Å²) in [6, 6.07) is 14.9. The zero-order chi connectivity index (χ0) is 15.2. The second-order valence-electron chi connectivity index (χ2n) is 4.54. The number of rotatable bonds is 5. The number of hydrogen-bond donors (Lipinski definition) is 0. The second kappa shape index (κ2) is 6.79. The minimum atomic E-state index is -0.445. The van der Waals surface area contributed by atoms with Gasteiger partial charge in [0.1, 0.15) is 11.5 Å². The van der Waals surface area contributed by atoms with E-state index in [1.807, 2.05) is 48.5 Å². The van der Waals surface area contributed by atoms with Gasteiger partial charge in [-0.3, -0.25) is 4.79 Å². The molecule has 0 spiro atoms. The number of carbonyl (C=O) groups is 1. The first kappa shape index (κ1) is 14.9. The molecule has 0 N–H and O–H groups in total. The van der Waals surface area contributed by atoms with Crippen LogP contribution >= 0.6 is 0 Å². The van der Waals surface area contributed by atoms with Gasteiger partial charge in [0, 0.05) is 6.92 Å². The van der Waals surface area contributed by atoms with Gasteiger partial charge in [0.25, 0.3) is 0 Å². The van der Waals surface area contributed by atoms with E-state index in [-0.39, 0.29) is 5.97 Å². The van der Waals surface area contributed by atoms with E-state index in [9.17, 15) is 4.79 Å². The van der Waals surface area contributed by atoms with Crippen LogP contribution in [0, 0.1) is 0 Å². The summed E-state index contributed by atoms with van der Waals surface area (Å²) in [5, 5.41) is 0. The number of methoxy groups -OCH3 is 2. The maximum atomic E-state index is 11.4. The topological polar surface area (TPSA) is 44.8 Å². The van der Waals surface area contributed by atoms with Crippen LogP contribution in [0.25, 0.3) is 0 Å². The first-order chi connectivity index (χ1) is 10.1. The first-order valence-electron chi connectivity index (χ1n) is 6.59. The van der Waals surface area contributed by atoms with Crippen molar-refractivity contribution < 1.29 is 19.0 Å². The molecule has 0 radical (unpaired) electrons. The molecule has 0 saturated carbocycles. The minimum absolute atomic E-state index is 0.327. The highest BCUT2D eigenvalue weighted by Gasteiger charge is 2.17. The summed E-state index contributed by atoms with van der Waals surface area (Å²) in [6.07, 6.45) is -0.445. The third-order valence-electron chi connectivity index (χ3n) is 3.12. The van der Waals surface area contributed by atoms with Crippen molar-refractivity contribution >= 4 is 5.97 Å².